The smallest absolute Gasteiger partial charge is 0.309 e. The second kappa shape index (κ2) is 11.9. The van der Waals surface area contributed by atoms with Gasteiger partial charge in [0.15, 0.2) is 0 Å². The number of carbonyl (C=O) groups excluding carboxylic acids is 1. The van der Waals surface area contributed by atoms with Gasteiger partial charge in [-0.15, -0.1) is 0 Å². The molecule has 0 saturated heterocycles. The predicted octanol–water partition coefficient (Wildman–Crippen LogP) is 6.46. The zero-order valence-corrected chi connectivity index (χ0v) is 23.9. The number of alkyl halides is 3. The van der Waals surface area contributed by atoms with Gasteiger partial charge in [-0.3, -0.25) is 4.79 Å². The Morgan fingerprint density at radius 3 is 2.27 bits per heavy atom. The van der Waals surface area contributed by atoms with Gasteiger partial charge >= 0.3 is 6.18 Å². The summed E-state index contributed by atoms with van der Waals surface area (Å²) in [6.07, 6.45) is -4.72. The molecule has 216 valence electrons. The van der Waals surface area contributed by atoms with Crippen LogP contribution in [0.4, 0.5) is 19.0 Å². The van der Waals surface area contributed by atoms with Crippen molar-refractivity contribution in [1.29, 1.82) is 0 Å². The number of rotatable bonds is 9. The number of hydrogen-bond donors (Lipinski definition) is 1. The molecule has 0 bridgehead atoms. The molecule has 1 amide bonds. The van der Waals surface area contributed by atoms with Gasteiger partial charge in [-0.05, 0) is 55.2 Å². The Morgan fingerprint density at radius 2 is 1.63 bits per heavy atom. The topological polar surface area (TPSA) is 84.3 Å². The van der Waals surface area contributed by atoms with Crippen molar-refractivity contribution in [2.24, 2.45) is 5.92 Å². The van der Waals surface area contributed by atoms with Crippen molar-refractivity contribution in [2.75, 3.05) is 18.4 Å². The first-order valence-electron chi connectivity index (χ1n) is 13.0. The van der Waals surface area contributed by atoms with Crippen LogP contribution in [0.5, 0.6) is 0 Å². The molecule has 41 heavy (non-hydrogen) atoms. The largest absolute Gasteiger partial charge is 0.416 e. The molecule has 0 radical (unpaired) electrons. The molecular weight excluding hydrogens is 553 g/mol. The SMILES string of the molecule is Cc1ccccc1-n1nc(C)c(-c2ccccc2)c1NC(=O)CN(CC(C)C)S(=O)(=O)c1cccc(C(F)(F)F)c1. The first-order valence-corrected chi connectivity index (χ1v) is 14.4. The van der Waals surface area contributed by atoms with Gasteiger partial charge in [0.1, 0.15) is 5.82 Å². The number of aromatic nitrogens is 2. The van der Waals surface area contributed by atoms with Gasteiger partial charge < -0.3 is 5.32 Å². The van der Waals surface area contributed by atoms with E-state index in [0.717, 1.165) is 39.3 Å². The average Bonchev–Trinajstić information content (AvgIpc) is 3.23. The second-order valence-corrected chi connectivity index (χ2v) is 12.1. The number of benzene rings is 3. The van der Waals surface area contributed by atoms with Gasteiger partial charge in [0.05, 0.1) is 28.4 Å². The molecule has 0 aliphatic rings. The zero-order valence-electron chi connectivity index (χ0n) is 23.1. The number of nitrogens with one attached hydrogen (secondary N) is 1. The first kappa shape index (κ1) is 30.0. The van der Waals surface area contributed by atoms with Crippen LogP contribution in [0.2, 0.25) is 0 Å². The van der Waals surface area contributed by atoms with Gasteiger partial charge in [-0.25, -0.2) is 13.1 Å². The molecule has 0 saturated carbocycles. The molecule has 0 aliphatic carbocycles. The lowest BCUT2D eigenvalue weighted by molar-refractivity contribution is -0.137. The summed E-state index contributed by atoms with van der Waals surface area (Å²) in [5, 5.41) is 7.55. The summed E-state index contributed by atoms with van der Waals surface area (Å²) in [7, 11) is -4.44. The van der Waals surface area contributed by atoms with Crippen LogP contribution in [0.15, 0.2) is 83.8 Å². The molecule has 1 heterocycles. The third-order valence-electron chi connectivity index (χ3n) is 6.41. The molecule has 4 rings (SSSR count). The standard InChI is InChI=1S/C30H31F3N4O3S/c1-20(2)18-36(41(39,40)25-15-10-14-24(17-25)30(31,32)33)19-27(38)34-29-28(23-12-6-5-7-13-23)22(4)35-37(29)26-16-9-8-11-21(26)3/h5-17,20H,18-19H2,1-4H3,(H,34,38). The third kappa shape index (κ3) is 6.68. The van der Waals surface area contributed by atoms with E-state index < -0.39 is 39.1 Å². The molecule has 4 aromatic rings. The minimum Gasteiger partial charge on any atom is -0.309 e. The van der Waals surface area contributed by atoms with Crippen molar-refractivity contribution < 1.29 is 26.4 Å². The van der Waals surface area contributed by atoms with Gasteiger partial charge in [-0.1, -0.05) is 68.4 Å². The quantitative estimate of drug-likeness (QED) is 0.245. The molecule has 0 atom stereocenters. The van der Waals surface area contributed by atoms with E-state index in [0.29, 0.717) is 23.1 Å². The van der Waals surface area contributed by atoms with Crippen LogP contribution in [0.3, 0.4) is 0 Å². The summed E-state index contributed by atoms with van der Waals surface area (Å²) < 4.78 is 69.5. The number of hydrogen-bond acceptors (Lipinski definition) is 4. The number of aryl methyl sites for hydroxylation is 2. The van der Waals surface area contributed by atoms with Crippen molar-refractivity contribution in [2.45, 2.75) is 38.8 Å². The number of anilines is 1. The van der Waals surface area contributed by atoms with E-state index in [4.69, 9.17) is 5.10 Å². The lowest BCUT2D eigenvalue weighted by Crippen LogP contribution is -2.40. The molecule has 1 aromatic heterocycles. The number of para-hydroxylation sites is 1. The number of amides is 1. The van der Waals surface area contributed by atoms with Crippen molar-refractivity contribution in [3.05, 3.63) is 95.7 Å². The van der Waals surface area contributed by atoms with Crippen molar-refractivity contribution in [3.63, 3.8) is 0 Å². The summed E-state index contributed by atoms with van der Waals surface area (Å²) in [5.41, 5.74) is 2.65. The lowest BCUT2D eigenvalue weighted by Gasteiger charge is -2.24. The van der Waals surface area contributed by atoms with E-state index in [1.54, 1.807) is 18.5 Å². The van der Waals surface area contributed by atoms with E-state index in [1.807, 2.05) is 68.4 Å². The van der Waals surface area contributed by atoms with Crippen LogP contribution >= 0.6 is 0 Å². The van der Waals surface area contributed by atoms with Crippen LogP contribution in [-0.2, 0) is 21.0 Å². The molecule has 11 heteroatoms. The Hall–Kier alpha value is -3.96. The van der Waals surface area contributed by atoms with Crippen LogP contribution in [0.25, 0.3) is 16.8 Å². The van der Waals surface area contributed by atoms with Crippen LogP contribution in [0.1, 0.15) is 30.7 Å². The molecule has 0 aliphatic heterocycles. The minimum atomic E-state index is -4.72. The summed E-state index contributed by atoms with van der Waals surface area (Å²) in [5.74, 6) is -0.509. The van der Waals surface area contributed by atoms with E-state index in [2.05, 4.69) is 5.32 Å². The van der Waals surface area contributed by atoms with E-state index >= 15 is 0 Å². The molecule has 0 unspecified atom stereocenters. The van der Waals surface area contributed by atoms with Crippen LogP contribution in [-0.4, -0.2) is 41.5 Å². The van der Waals surface area contributed by atoms with E-state index in [1.165, 1.54) is 0 Å². The second-order valence-electron chi connectivity index (χ2n) is 10.1. The monoisotopic (exact) mass is 584 g/mol. The summed E-state index contributed by atoms with van der Waals surface area (Å²) in [6, 6.07) is 20.4. The molecule has 0 spiro atoms. The fourth-order valence-corrected chi connectivity index (χ4v) is 6.14. The Morgan fingerprint density at radius 1 is 0.976 bits per heavy atom. The van der Waals surface area contributed by atoms with Crippen LogP contribution < -0.4 is 5.32 Å². The van der Waals surface area contributed by atoms with Gasteiger partial charge in [0, 0.05) is 12.1 Å². The van der Waals surface area contributed by atoms with Crippen molar-refractivity contribution in [3.8, 4) is 16.8 Å². The molecule has 0 fully saturated rings. The number of sulfonamides is 1. The molecular formula is C30H31F3N4O3S. The highest BCUT2D eigenvalue weighted by Gasteiger charge is 2.34. The Bertz CT molecular complexity index is 1650. The Labute approximate surface area is 237 Å². The van der Waals surface area contributed by atoms with Gasteiger partial charge in [0.2, 0.25) is 15.9 Å². The highest BCUT2D eigenvalue weighted by Crippen LogP contribution is 2.35. The average molecular weight is 585 g/mol. The number of carbonyl (C=O) groups is 1. The number of halogens is 3. The normalized spacial score (nSPS) is 12.2. The first-order chi connectivity index (χ1) is 19.3. The summed E-state index contributed by atoms with van der Waals surface area (Å²) >= 11 is 0. The Kier molecular flexibility index (Phi) is 8.69. The maximum atomic E-state index is 13.5. The maximum absolute atomic E-state index is 13.5. The zero-order chi connectivity index (χ0) is 29.9. The summed E-state index contributed by atoms with van der Waals surface area (Å²) in [4.78, 5) is 13.0. The number of nitrogens with zero attached hydrogens (tertiary/aromatic N) is 3. The van der Waals surface area contributed by atoms with Gasteiger partial charge in [0.25, 0.3) is 0 Å². The summed E-state index contributed by atoms with van der Waals surface area (Å²) in [6.45, 7) is 6.56. The predicted molar refractivity (Wildman–Crippen MR) is 152 cm³/mol. The van der Waals surface area contributed by atoms with Gasteiger partial charge in [-0.2, -0.15) is 22.6 Å². The third-order valence-corrected chi connectivity index (χ3v) is 8.22. The molecule has 1 N–H and O–H groups in total. The Balaban J connectivity index is 1.74. The fraction of sp³-hybridized carbons (Fsp3) is 0.267. The van der Waals surface area contributed by atoms with E-state index in [9.17, 15) is 26.4 Å². The van der Waals surface area contributed by atoms with E-state index in [-0.39, 0.29) is 12.5 Å². The highest BCUT2D eigenvalue weighted by atomic mass is 32.2. The minimum absolute atomic E-state index is 0.0758. The maximum Gasteiger partial charge on any atom is 0.416 e. The fourth-order valence-electron chi connectivity index (χ4n) is 4.54. The lowest BCUT2D eigenvalue weighted by atomic mass is 10.1. The van der Waals surface area contributed by atoms with Crippen molar-refractivity contribution >= 4 is 21.7 Å². The van der Waals surface area contributed by atoms with Crippen LogP contribution in [0, 0.1) is 19.8 Å². The molecule has 3 aromatic carbocycles. The molecule has 7 nitrogen and oxygen atoms in total. The van der Waals surface area contributed by atoms with Crippen molar-refractivity contribution in [1.82, 2.24) is 14.1 Å². The highest BCUT2D eigenvalue weighted by molar-refractivity contribution is 7.89.